The van der Waals surface area contributed by atoms with Gasteiger partial charge >= 0.3 is 0 Å². The van der Waals surface area contributed by atoms with Gasteiger partial charge in [-0.15, -0.1) is 0 Å². The van der Waals surface area contributed by atoms with Crippen LogP contribution in [0.25, 0.3) is 11.4 Å². The van der Waals surface area contributed by atoms with Crippen LogP contribution >= 0.6 is 0 Å². The van der Waals surface area contributed by atoms with Gasteiger partial charge in [-0.1, -0.05) is 19.0 Å². The van der Waals surface area contributed by atoms with Crippen LogP contribution in [0.15, 0.2) is 58.2 Å². The van der Waals surface area contributed by atoms with Crippen molar-refractivity contribution in [1.82, 2.24) is 24.7 Å². The SMILES string of the molecule is CC(C)C(NC(=O)CN(C)S(=O)(=O)c1ccc(F)cc1)c1nc(-c2cccnc2)no1. The topological polar surface area (TPSA) is 118 Å². The Morgan fingerprint density at radius 1 is 1.23 bits per heavy atom. The van der Waals surface area contributed by atoms with E-state index in [1.165, 1.54) is 7.05 Å². The number of hydrogen-bond acceptors (Lipinski definition) is 7. The molecule has 0 aliphatic heterocycles. The van der Waals surface area contributed by atoms with Gasteiger partial charge in [-0.25, -0.2) is 12.8 Å². The van der Waals surface area contributed by atoms with E-state index in [-0.39, 0.29) is 16.7 Å². The number of likely N-dealkylation sites (N-methyl/N-ethyl adjacent to an activating group) is 1. The van der Waals surface area contributed by atoms with Crippen molar-refractivity contribution in [2.24, 2.45) is 5.92 Å². The van der Waals surface area contributed by atoms with Crippen molar-refractivity contribution >= 4 is 15.9 Å². The molecule has 1 N–H and O–H groups in total. The second kappa shape index (κ2) is 9.31. The first kappa shape index (κ1) is 22.5. The van der Waals surface area contributed by atoms with Gasteiger partial charge in [-0.2, -0.15) is 9.29 Å². The molecule has 0 aliphatic rings. The van der Waals surface area contributed by atoms with E-state index in [9.17, 15) is 17.6 Å². The van der Waals surface area contributed by atoms with E-state index >= 15 is 0 Å². The van der Waals surface area contributed by atoms with Crippen LogP contribution in [-0.2, 0) is 14.8 Å². The monoisotopic (exact) mass is 447 g/mol. The fraction of sp³-hybridized carbons (Fsp3) is 0.300. The number of hydrogen-bond donors (Lipinski definition) is 1. The smallest absolute Gasteiger partial charge is 0.249 e. The highest BCUT2D eigenvalue weighted by atomic mass is 32.2. The maximum absolute atomic E-state index is 13.1. The van der Waals surface area contributed by atoms with Gasteiger partial charge in [0.15, 0.2) is 0 Å². The summed E-state index contributed by atoms with van der Waals surface area (Å²) in [5.41, 5.74) is 0.663. The first-order chi connectivity index (χ1) is 14.7. The van der Waals surface area contributed by atoms with Crippen LogP contribution in [0, 0.1) is 11.7 Å². The van der Waals surface area contributed by atoms with Crippen LogP contribution < -0.4 is 5.32 Å². The van der Waals surface area contributed by atoms with E-state index in [0.717, 1.165) is 28.6 Å². The maximum atomic E-state index is 13.1. The first-order valence-electron chi connectivity index (χ1n) is 9.43. The van der Waals surface area contributed by atoms with Crippen molar-refractivity contribution in [2.75, 3.05) is 13.6 Å². The Labute approximate surface area is 179 Å². The molecule has 0 fully saturated rings. The number of nitrogens with zero attached hydrogens (tertiary/aromatic N) is 4. The molecule has 3 rings (SSSR count). The minimum atomic E-state index is -3.96. The molecule has 1 amide bonds. The molecule has 2 aromatic heterocycles. The summed E-state index contributed by atoms with van der Waals surface area (Å²) in [7, 11) is -2.68. The summed E-state index contributed by atoms with van der Waals surface area (Å²) in [5, 5.41) is 6.67. The number of nitrogens with one attached hydrogen (secondary N) is 1. The van der Waals surface area contributed by atoms with Crippen LogP contribution in [0.2, 0.25) is 0 Å². The molecule has 11 heteroatoms. The molecule has 164 valence electrons. The summed E-state index contributed by atoms with van der Waals surface area (Å²) in [5.74, 6) is -0.673. The number of pyridine rings is 1. The number of carbonyl (C=O) groups excluding carboxylic acids is 1. The van der Waals surface area contributed by atoms with Crippen molar-refractivity contribution in [2.45, 2.75) is 24.8 Å². The highest BCUT2D eigenvalue weighted by Gasteiger charge is 2.28. The van der Waals surface area contributed by atoms with E-state index in [1.807, 2.05) is 13.8 Å². The van der Waals surface area contributed by atoms with Gasteiger partial charge in [0.05, 0.1) is 11.4 Å². The highest BCUT2D eigenvalue weighted by Crippen LogP contribution is 2.23. The van der Waals surface area contributed by atoms with E-state index in [2.05, 4.69) is 20.4 Å². The quantitative estimate of drug-likeness (QED) is 0.563. The first-order valence-corrected chi connectivity index (χ1v) is 10.9. The molecule has 31 heavy (non-hydrogen) atoms. The number of sulfonamides is 1. The van der Waals surface area contributed by atoms with Crippen molar-refractivity contribution in [3.05, 3.63) is 60.5 Å². The van der Waals surface area contributed by atoms with E-state index in [1.54, 1.807) is 24.5 Å². The minimum Gasteiger partial charge on any atom is -0.343 e. The van der Waals surface area contributed by atoms with E-state index in [0.29, 0.717) is 11.4 Å². The Hall–Kier alpha value is -3.18. The summed E-state index contributed by atoms with van der Waals surface area (Å²) in [6, 6.07) is 7.29. The molecule has 2 heterocycles. The van der Waals surface area contributed by atoms with Gasteiger partial charge in [-0.05, 0) is 42.3 Å². The summed E-state index contributed by atoms with van der Waals surface area (Å²) >= 11 is 0. The molecule has 0 spiro atoms. The fourth-order valence-corrected chi connectivity index (χ4v) is 3.91. The van der Waals surface area contributed by atoms with E-state index < -0.39 is 34.3 Å². The molecule has 0 radical (unpaired) electrons. The Bertz CT molecular complexity index is 1130. The third-order valence-corrected chi connectivity index (χ3v) is 6.32. The number of rotatable bonds is 8. The lowest BCUT2D eigenvalue weighted by molar-refractivity contribution is -0.122. The van der Waals surface area contributed by atoms with Crippen LogP contribution in [0.5, 0.6) is 0 Å². The molecule has 0 aliphatic carbocycles. The van der Waals surface area contributed by atoms with Gasteiger partial charge in [-0.3, -0.25) is 9.78 Å². The normalized spacial score (nSPS) is 12.8. The van der Waals surface area contributed by atoms with E-state index in [4.69, 9.17) is 4.52 Å². The zero-order chi connectivity index (χ0) is 22.6. The maximum Gasteiger partial charge on any atom is 0.249 e. The van der Waals surface area contributed by atoms with Crippen LogP contribution in [-0.4, -0.2) is 47.3 Å². The van der Waals surface area contributed by atoms with Gasteiger partial charge in [0.25, 0.3) is 0 Å². The minimum absolute atomic E-state index is 0.106. The van der Waals surface area contributed by atoms with Gasteiger partial charge in [0.1, 0.15) is 11.9 Å². The lowest BCUT2D eigenvalue weighted by Gasteiger charge is -2.21. The molecule has 9 nitrogen and oxygen atoms in total. The number of carbonyl (C=O) groups is 1. The largest absolute Gasteiger partial charge is 0.343 e. The average molecular weight is 447 g/mol. The summed E-state index contributed by atoms with van der Waals surface area (Å²) in [6.45, 7) is 3.28. The van der Waals surface area contributed by atoms with Crippen molar-refractivity contribution in [3.63, 3.8) is 0 Å². The number of amides is 1. The molecule has 1 atom stereocenters. The fourth-order valence-electron chi connectivity index (χ4n) is 2.78. The second-order valence-electron chi connectivity index (χ2n) is 7.20. The van der Waals surface area contributed by atoms with Crippen molar-refractivity contribution < 1.29 is 22.1 Å². The van der Waals surface area contributed by atoms with Crippen LogP contribution in [0.4, 0.5) is 4.39 Å². The lowest BCUT2D eigenvalue weighted by atomic mass is 10.0. The lowest BCUT2D eigenvalue weighted by Crippen LogP contribution is -2.41. The molecule has 0 saturated carbocycles. The van der Waals surface area contributed by atoms with Gasteiger partial charge in [0, 0.05) is 25.0 Å². The standard InChI is InChI=1S/C20H22FN5O4S/c1-13(2)18(20-24-19(25-30-20)14-5-4-10-22-11-14)23-17(27)12-26(3)31(28,29)16-8-6-15(21)7-9-16/h4-11,13,18H,12H2,1-3H3,(H,23,27). The molecule has 3 aromatic rings. The zero-order valence-corrected chi connectivity index (χ0v) is 18.0. The predicted octanol–water partition coefficient (Wildman–Crippen LogP) is 2.40. The Balaban J connectivity index is 1.71. The number of benzene rings is 1. The summed E-state index contributed by atoms with van der Waals surface area (Å²) in [6.07, 6.45) is 3.21. The Morgan fingerprint density at radius 2 is 1.94 bits per heavy atom. The van der Waals surface area contributed by atoms with Gasteiger partial charge in [0.2, 0.25) is 27.6 Å². The second-order valence-corrected chi connectivity index (χ2v) is 9.25. The van der Waals surface area contributed by atoms with Gasteiger partial charge < -0.3 is 9.84 Å². The Kier molecular flexibility index (Phi) is 6.76. The van der Waals surface area contributed by atoms with Crippen molar-refractivity contribution in [3.8, 4) is 11.4 Å². The summed E-state index contributed by atoms with van der Waals surface area (Å²) < 4.78 is 44.5. The predicted molar refractivity (Wildman–Crippen MR) is 109 cm³/mol. The molecular formula is C20H22FN5O4S. The molecule has 0 saturated heterocycles. The number of halogens is 1. The molecule has 0 bridgehead atoms. The number of aromatic nitrogens is 3. The zero-order valence-electron chi connectivity index (χ0n) is 17.2. The van der Waals surface area contributed by atoms with Crippen LogP contribution in [0.3, 0.4) is 0 Å². The molecule has 1 unspecified atom stereocenters. The molecule has 1 aromatic carbocycles. The average Bonchev–Trinajstić information content (AvgIpc) is 3.22. The van der Waals surface area contributed by atoms with Crippen LogP contribution in [0.1, 0.15) is 25.8 Å². The molecular weight excluding hydrogens is 425 g/mol. The highest BCUT2D eigenvalue weighted by molar-refractivity contribution is 7.89. The third-order valence-electron chi connectivity index (χ3n) is 4.50. The third kappa shape index (κ3) is 5.30. The summed E-state index contributed by atoms with van der Waals surface area (Å²) in [4.78, 5) is 20.8. The van der Waals surface area contributed by atoms with Crippen molar-refractivity contribution in [1.29, 1.82) is 0 Å². The Morgan fingerprint density at radius 3 is 2.55 bits per heavy atom.